The second-order valence-electron chi connectivity index (χ2n) is 7.41. The first-order valence-electron chi connectivity index (χ1n) is 9.51. The number of rotatable bonds is 5. The SMILES string of the molecule is Cc1cccc2c(N[C@H](c3nc(C(C)C)no3)C3CCOCC3)ncnc12. The van der Waals surface area contributed by atoms with E-state index >= 15 is 0 Å². The molecule has 0 amide bonds. The lowest BCUT2D eigenvalue weighted by molar-refractivity contribution is 0.0571. The number of nitrogens with zero attached hydrogens (tertiary/aromatic N) is 4. The molecule has 4 rings (SSSR count). The number of aromatic nitrogens is 4. The van der Waals surface area contributed by atoms with E-state index in [1.54, 1.807) is 6.33 Å². The number of hydrogen-bond donors (Lipinski definition) is 1. The average molecular weight is 367 g/mol. The van der Waals surface area contributed by atoms with Gasteiger partial charge in [0, 0.05) is 24.5 Å². The molecule has 7 nitrogen and oxygen atoms in total. The predicted molar refractivity (Wildman–Crippen MR) is 103 cm³/mol. The molecule has 0 saturated carbocycles. The van der Waals surface area contributed by atoms with E-state index in [4.69, 9.17) is 9.26 Å². The molecule has 1 saturated heterocycles. The number of ether oxygens (including phenoxy) is 1. The average Bonchev–Trinajstić information content (AvgIpc) is 3.17. The first-order valence-corrected chi connectivity index (χ1v) is 9.51. The summed E-state index contributed by atoms with van der Waals surface area (Å²) in [6.45, 7) is 7.68. The molecule has 2 aromatic heterocycles. The molecule has 3 heterocycles. The highest BCUT2D eigenvalue weighted by Gasteiger charge is 2.31. The maximum atomic E-state index is 5.64. The minimum Gasteiger partial charge on any atom is -0.381 e. The highest BCUT2D eigenvalue weighted by atomic mass is 16.5. The maximum Gasteiger partial charge on any atom is 0.249 e. The van der Waals surface area contributed by atoms with Gasteiger partial charge in [-0.15, -0.1) is 0 Å². The molecule has 142 valence electrons. The fourth-order valence-electron chi connectivity index (χ4n) is 3.54. The van der Waals surface area contributed by atoms with Gasteiger partial charge >= 0.3 is 0 Å². The van der Waals surface area contributed by atoms with Gasteiger partial charge in [0.05, 0.1) is 5.52 Å². The molecule has 1 aliphatic rings. The Hall–Kier alpha value is -2.54. The number of para-hydroxylation sites is 1. The van der Waals surface area contributed by atoms with Gasteiger partial charge in [-0.25, -0.2) is 9.97 Å². The second kappa shape index (κ2) is 7.60. The molecule has 0 unspecified atom stereocenters. The molecule has 7 heteroatoms. The van der Waals surface area contributed by atoms with Crippen LogP contribution in [0.2, 0.25) is 0 Å². The lowest BCUT2D eigenvalue weighted by atomic mass is 9.91. The lowest BCUT2D eigenvalue weighted by Crippen LogP contribution is -2.27. The van der Waals surface area contributed by atoms with Gasteiger partial charge in [0.2, 0.25) is 5.89 Å². The van der Waals surface area contributed by atoms with E-state index in [1.807, 2.05) is 12.1 Å². The summed E-state index contributed by atoms with van der Waals surface area (Å²) in [5.41, 5.74) is 2.08. The molecule has 1 aliphatic heterocycles. The summed E-state index contributed by atoms with van der Waals surface area (Å²) in [6.07, 6.45) is 3.49. The summed E-state index contributed by atoms with van der Waals surface area (Å²) in [7, 11) is 0. The monoisotopic (exact) mass is 367 g/mol. The van der Waals surface area contributed by atoms with Crippen LogP contribution in [0.25, 0.3) is 10.9 Å². The predicted octanol–water partition coefficient (Wildman–Crippen LogP) is 4.02. The highest BCUT2D eigenvalue weighted by Crippen LogP contribution is 2.34. The van der Waals surface area contributed by atoms with Gasteiger partial charge in [-0.3, -0.25) is 0 Å². The maximum absolute atomic E-state index is 5.64. The summed E-state index contributed by atoms with van der Waals surface area (Å²) in [5.74, 6) is 2.70. The minimum absolute atomic E-state index is 0.104. The standard InChI is InChI=1S/C20H25N5O2/c1-12(2)18-24-20(27-25-18)17(14-7-9-26-10-8-14)23-19-15-6-4-5-13(3)16(15)21-11-22-19/h4-6,11-12,14,17H,7-10H2,1-3H3,(H,21,22,23)/t17-/m0/s1. The summed E-state index contributed by atoms with van der Waals surface area (Å²) < 4.78 is 11.2. The number of hydrogen-bond acceptors (Lipinski definition) is 7. The van der Waals surface area contributed by atoms with Gasteiger partial charge in [0.25, 0.3) is 0 Å². The molecule has 0 radical (unpaired) electrons. The summed E-state index contributed by atoms with van der Waals surface area (Å²) >= 11 is 0. The fraction of sp³-hybridized carbons (Fsp3) is 0.500. The van der Waals surface area contributed by atoms with Crippen molar-refractivity contribution in [2.24, 2.45) is 5.92 Å². The zero-order valence-corrected chi connectivity index (χ0v) is 16.0. The Balaban J connectivity index is 1.72. The Morgan fingerprint density at radius 1 is 1.15 bits per heavy atom. The first kappa shape index (κ1) is 17.9. The smallest absolute Gasteiger partial charge is 0.249 e. The van der Waals surface area contributed by atoms with Crippen molar-refractivity contribution in [1.82, 2.24) is 20.1 Å². The van der Waals surface area contributed by atoms with Gasteiger partial charge in [0.15, 0.2) is 5.82 Å². The quantitative estimate of drug-likeness (QED) is 0.728. The molecule has 0 aliphatic carbocycles. The molecule has 1 atom stereocenters. The van der Waals surface area contributed by atoms with Crippen LogP contribution in [-0.2, 0) is 4.74 Å². The van der Waals surface area contributed by atoms with Crippen LogP contribution in [0.1, 0.15) is 55.9 Å². The van der Waals surface area contributed by atoms with Crippen LogP contribution in [0.3, 0.4) is 0 Å². The molecule has 1 fully saturated rings. The third-order valence-electron chi connectivity index (χ3n) is 5.14. The Morgan fingerprint density at radius 2 is 1.96 bits per heavy atom. The van der Waals surface area contributed by atoms with Crippen LogP contribution in [-0.4, -0.2) is 33.3 Å². The van der Waals surface area contributed by atoms with Crippen LogP contribution in [0.5, 0.6) is 0 Å². The lowest BCUT2D eigenvalue weighted by Gasteiger charge is -2.29. The summed E-state index contributed by atoms with van der Waals surface area (Å²) in [5, 5.41) is 8.74. The molecular weight excluding hydrogens is 342 g/mol. The van der Waals surface area contributed by atoms with E-state index < -0.39 is 0 Å². The molecule has 27 heavy (non-hydrogen) atoms. The Bertz CT molecular complexity index is 918. The van der Waals surface area contributed by atoms with Gasteiger partial charge < -0.3 is 14.6 Å². The van der Waals surface area contributed by atoms with E-state index in [1.165, 1.54) is 0 Å². The highest BCUT2D eigenvalue weighted by molar-refractivity contribution is 5.90. The Labute approximate surface area is 158 Å². The molecule has 1 N–H and O–H groups in total. The molecular formula is C20H25N5O2. The van der Waals surface area contributed by atoms with E-state index in [2.05, 4.69) is 52.3 Å². The van der Waals surface area contributed by atoms with E-state index in [9.17, 15) is 0 Å². The van der Waals surface area contributed by atoms with Crippen molar-refractivity contribution in [3.05, 3.63) is 41.8 Å². The fourth-order valence-corrected chi connectivity index (χ4v) is 3.54. The topological polar surface area (TPSA) is 86.0 Å². The number of aryl methyl sites for hydroxylation is 1. The van der Waals surface area contributed by atoms with E-state index in [0.29, 0.717) is 11.8 Å². The van der Waals surface area contributed by atoms with E-state index in [-0.39, 0.29) is 12.0 Å². The van der Waals surface area contributed by atoms with Crippen molar-refractivity contribution < 1.29 is 9.26 Å². The normalized spacial score (nSPS) is 16.7. The van der Waals surface area contributed by atoms with Crippen LogP contribution >= 0.6 is 0 Å². The zero-order chi connectivity index (χ0) is 18.8. The number of fused-ring (bicyclic) bond motifs is 1. The van der Waals surface area contributed by atoms with Crippen molar-refractivity contribution >= 4 is 16.7 Å². The van der Waals surface area contributed by atoms with Gasteiger partial charge in [-0.05, 0) is 37.3 Å². The molecule has 1 aromatic carbocycles. The molecule has 0 bridgehead atoms. The number of anilines is 1. The summed E-state index contributed by atoms with van der Waals surface area (Å²) in [4.78, 5) is 13.6. The largest absolute Gasteiger partial charge is 0.381 e. The summed E-state index contributed by atoms with van der Waals surface area (Å²) in [6, 6.07) is 6.02. The van der Waals surface area contributed by atoms with Crippen molar-refractivity contribution in [3.63, 3.8) is 0 Å². The Morgan fingerprint density at radius 3 is 2.70 bits per heavy atom. The molecule has 3 aromatic rings. The number of nitrogens with one attached hydrogen (secondary N) is 1. The third kappa shape index (κ3) is 3.64. The van der Waals surface area contributed by atoms with Crippen molar-refractivity contribution in [1.29, 1.82) is 0 Å². The van der Waals surface area contributed by atoms with Crippen LogP contribution in [0, 0.1) is 12.8 Å². The third-order valence-corrected chi connectivity index (χ3v) is 5.14. The zero-order valence-electron chi connectivity index (χ0n) is 16.0. The minimum atomic E-state index is -0.104. The van der Waals surface area contributed by atoms with Gasteiger partial charge in [-0.1, -0.05) is 31.1 Å². The van der Waals surface area contributed by atoms with Crippen LogP contribution < -0.4 is 5.32 Å². The van der Waals surface area contributed by atoms with Crippen molar-refractivity contribution in [2.45, 2.75) is 45.6 Å². The Kier molecular flexibility index (Phi) is 5.03. The van der Waals surface area contributed by atoms with E-state index in [0.717, 1.165) is 54.2 Å². The van der Waals surface area contributed by atoms with Gasteiger partial charge in [-0.2, -0.15) is 4.98 Å². The van der Waals surface area contributed by atoms with Crippen molar-refractivity contribution in [3.8, 4) is 0 Å². The van der Waals surface area contributed by atoms with Crippen molar-refractivity contribution in [2.75, 3.05) is 18.5 Å². The first-order chi connectivity index (χ1) is 13.1. The molecule has 0 spiro atoms. The van der Waals surface area contributed by atoms with Crippen LogP contribution in [0.4, 0.5) is 5.82 Å². The number of benzene rings is 1. The van der Waals surface area contributed by atoms with Crippen LogP contribution in [0.15, 0.2) is 29.0 Å². The van der Waals surface area contributed by atoms with Gasteiger partial charge in [0.1, 0.15) is 18.2 Å². The second-order valence-corrected chi connectivity index (χ2v) is 7.41.